The maximum Gasteiger partial charge on any atom is 0.123 e. The first-order valence-electron chi connectivity index (χ1n) is 6.46. The van der Waals surface area contributed by atoms with Crippen molar-refractivity contribution in [1.82, 2.24) is 9.97 Å². The quantitative estimate of drug-likeness (QED) is 0.781. The van der Waals surface area contributed by atoms with Gasteiger partial charge in [0, 0.05) is 41.3 Å². The van der Waals surface area contributed by atoms with Crippen LogP contribution in [0.2, 0.25) is 0 Å². The van der Waals surface area contributed by atoms with Crippen molar-refractivity contribution >= 4 is 17.0 Å². The first-order valence-corrected chi connectivity index (χ1v) is 7.34. The molecule has 0 unspecified atom stereocenters. The molecule has 20 heavy (non-hydrogen) atoms. The summed E-state index contributed by atoms with van der Waals surface area (Å²) in [5, 5.41) is 6.55. The normalized spacial score (nSPS) is 10.4. The molecule has 100 valence electrons. The number of hydrogen-bond donors (Lipinski definition) is 1. The molecule has 1 N–H and O–H groups in total. The van der Waals surface area contributed by atoms with Gasteiger partial charge in [-0.2, -0.15) is 0 Å². The lowest BCUT2D eigenvalue weighted by Crippen LogP contribution is -1.98. The third-order valence-corrected chi connectivity index (χ3v) is 4.01. The highest BCUT2D eigenvalue weighted by molar-refractivity contribution is 7.13. The molecule has 0 aliphatic heterocycles. The number of thiazole rings is 1. The molecular weight excluding hydrogens is 266 g/mol. The fourth-order valence-electron chi connectivity index (χ4n) is 1.92. The van der Waals surface area contributed by atoms with Crippen LogP contribution in [0.4, 0.5) is 5.69 Å². The molecular formula is C16H15N3S. The van der Waals surface area contributed by atoms with Gasteiger partial charge in [0.25, 0.3) is 0 Å². The molecule has 0 atom stereocenters. The summed E-state index contributed by atoms with van der Waals surface area (Å²) in [6.45, 7) is 2.82. The number of anilines is 1. The zero-order chi connectivity index (χ0) is 13.8. The highest BCUT2D eigenvalue weighted by Crippen LogP contribution is 2.24. The van der Waals surface area contributed by atoms with Crippen LogP contribution in [0.1, 0.15) is 11.3 Å². The molecule has 0 amide bonds. The lowest BCUT2D eigenvalue weighted by molar-refractivity contribution is 1.13. The predicted molar refractivity (Wildman–Crippen MR) is 83.9 cm³/mol. The molecule has 0 aliphatic carbocycles. The maximum absolute atomic E-state index is 4.50. The van der Waals surface area contributed by atoms with Crippen molar-refractivity contribution in [2.24, 2.45) is 0 Å². The molecule has 4 heteroatoms. The van der Waals surface area contributed by atoms with Gasteiger partial charge in [0.15, 0.2) is 0 Å². The summed E-state index contributed by atoms with van der Waals surface area (Å²) in [4.78, 5) is 8.51. The highest BCUT2D eigenvalue weighted by Gasteiger charge is 2.02. The Bertz CT molecular complexity index is 674. The van der Waals surface area contributed by atoms with Crippen LogP contribution < -0.4 is 5.32 Å². The molecule has 0 spiro atoms. The van der Waals surface area contributed by atoms with E-state index in [-0.39, 0.29) is 0 Å². The molecule has 0 aliphatic rings. The maximum atomic E-state index is 4.50. The Hall–Kier alpha value is -2.20. The Balaban J connectivity index is 1.67. The molecule has 3 rings (SSSR count). The Morgan fingerprint density at radius 1 is 1.05 bits per heavy atom. The van der Waals surface area contributed by atoms with Crippen LogP contribution in [0, 0.1) is 6.92 Å². The van der Waals surface area contributed by atoms with Crippen LogP contribution in [0.3, 0.4) is 0 Å². The monoisotopic (exact) mass is 281 g/mol. The van der Waals surface area contributed by atoms with Crippen molar-refractivity contribution in [3.8, 4) is 10.6 Å². The molecule has 0 fully saturated rings. The molecule has 2 aromatic heterocycles. The van der Waals surface area contributed by atoms with Crippen LogP contribution in [-0.2, 0) is 6.54 Å². The molecule has 3 nitrogen and oxygen atoms in total. The van der Waals surface area contributed by atoms with E-state index in [0.29, 0.717) is 0 Å². The Morgan fingerprint density at radius 3 is 2.45 bits per heavy atom. The van der Waals surface area contributed by atoms with E-state index >= 15 is 0 Å². The van der Waals surface area contributed by atoms with Gasteiger partial charge in [-0.25, -0.2) is 4.98 Å². The van der Waals surface area contributed by atoms with Crippen molar-refractivity contribution < 1.29 is 0 Å². The summed E-state index contributed by atoms with van der Waals surface area (Å²) in [6.07, 6.45) is 3.62. The fraction of sp³-hybridized carbons (Fsp3) is 0.125. The minimum Gasteiger partial charge on any atom is -0.381 e. The first kappa shape index (κ1) is 12.8. The molecule has 2 heterocycles. The number of aromatic nitrogens is 2. The van der Waals surface area contributed by atoms with Crippen molar-refractivity contribution in [3.63, 3.8) is 0 Å². The van der Waals surface area contributed by atoms with Gasteiger partial charge in [0.05, 0.1) is 0 Å². The fourth-order valence-corrected chi connectivity index (χ4v) is 2.73. The molecule has 3 aromatic rings. The van der Waals surface area contributed by atoms with Gasteiger partial charge >= 0.3 is 0 Å². The zero-order valence-corrected chi connectivity index (χ0v) is 12.0. The Kier molecular flexibility index (Phi) is 3.74. The Labute approximate surface area is 122 Å². The SMILES string of the molecule is Cc1csc(-c2ccc(NCc3ccncc3)cc2)n1. The number of nitrogens with zero attached hydrogens (tertiary/aromatic N) is 2. The van der Waals surface area contributed by atoms with Crippen LogP contribution in [0.25, 0.3) is 10.6 Å². The predicted octanol–water partition coefficient (Wildman–Crippen LogP) is 4.13. The summed E-state index contributed by atoms with van der Waals surface area (Å²) in [5.74, 6) is 0. The first-order chi connectivity index (χ1) is 9.81. The number of hydrogen-bond acceptors (Lipinski definition) is 4. The second-order valence-electron chi connectivity index (χ2n) is 4.58. The van der Waals surface area contributed by atoms with Crippen molar-refractivity contribution in [2.75, 3.05) is 5.32 Å². The van der Waals surface area contributed by atoms with E-state index in [1.807, 2.05) is 31.5 Å². The third kappa shape index (κ3) is 3.03. The van der Waals surface area contributed by atoms with Crippen molar-refractivity contribution in [2.45, 2.75) is 13.5 Å². The zero-order valence-electron chi connectivity index (χ0n) is 11.2. The summed E-state index contributed by atoms with van der Waals surface area (Å²) in [7, 11) is 0. The third-order valence-electron chi connectivity index (χ3n) is 3.00. The van der Waals surface area contributed by atoms with Gasteiger partial charge in [-0.05, 0) is 48.9 Å². The highest BCUT2D eigenvalue weighted by atomic mass is 32.1. The number of rotatable bonds is 4. The average molecular weight is 281 g/mol. The summed E-state index contributed by atoms with van der Waals surface area (Å²) < 4.78 is 0. The summed E-state index contributed by atoms with van der Waals surface area (Å²) in [6, 6.07) is 12.4. The number of pyridine rings is 1. The van der Waals surface area contributed by atoms with Crippen LogP contribution >= 0.6 is 11.3 Å². The summed E-state index contributed by atoms with van der Waals surface area (Å²) >= 11 is 1.68. The Morgan fingerprint density at radius 2 is 1.80 bits per heavy atom. The minimum atomic E-state index is 0.804. The number of aryl methyl sites for hydroxylation is 1. The van der Waals surface area contributed by atoms with Crippen molar-refractivity contribution in [3.05, 3.63) is 65.4 Å². The van der Waals surface area contributed by atoms with Gasteiger partial charge in [-0.1, -0.05) is 0 Å². The second-order valence-corrected chi connectivity index (χ2v) is 5.44. The molecule has 1 aromatic carbocycles. The molecule has 0 saturated heterocycles. The van der Waals surface area contributed by atoms with Gasteiger partial charge in [-0.3, -0.25) is 4.98 Å². The lowest BCUT2D eigenvalue weighted by atomic mass is 10.2. The van der Waals surface area contributed by atoms with Crippen LogP contribution in [-0.4, -0.2) is 9.97 Å². The molecule has 0 bridgehead atoms. The van der Waals surface area contributed by atoms with Crippen molar-refractivity contribution in [1.29, 1.82) is 0 Å². The summed E-state index contributed by atoms with van der Waals surface area (Å²) in [5.41, 5.74) is 4.57. The van der Waals surface area contributed by atoms with Gasteiger partial charge in [-0.15, -0.1) is 11.3 Å². The van der Waals surface area contributed by atoms with E-state index in [1.54, 1.807) is 11.3 Å². The average Bonchev–Trinajstić information content (AvgIpc) is 2.93. The molecule has 0 saturated carbocycles. The minimum absolute atomic E-state index is 0.804. The van der Waals surface area contributed by atoms with Crippen LogP contribution in [0.15, 0.2) is 54.2 Å². The topological polar surface area (TPSA) is 37.8 Å². The lowest BCUT2D eigenvalue weighted by Gasteiger charge is -2.06. The van der Waals surface area contributed by atoms with Crippen LogP contribution in [0.5, 0.6) is 0 Å². The van der Waals surface area contributed by atoms with E-state index in [9.17, 15) is 0 Å². The number of nitrogens with one attached hydrogen (secondary N) is 1. The van der Waals surface area contributed by atoms with E-state index in [2.05, 4.69) is 44.9 Å². The van der Waals surface area contributed by atoms with E-state index in [4.69, 9.17) is 0 Å². The largest absolute Gasteiger partial charge is 0.381 e. The van der Waals surface area contributed by atoms with E-state index < -0.39 is 0 Å². The second kappa shape index (κ2) is 5.84. The van der Waals surface area contributed by atoms with Gasteiger partial charge in [0.1, 0.15) is 5.01 Å². The van der Waals surface area contributed by atoms with Gasteiger partial charge < -0.3 is 5.32 Å². The van der Waals surface area contributed by atoms with E-state index in [0.717, 1.165) is 28.5 Å². The van der Waals surface area contributed by atoms with Gasteiger partial charge in [0.2, 0.25) is 0 Å². The smallest absolute Gasteiger partial charge is 0.123 e. The van der Waals surface area contributed by atoms with E-state index in [1.165, 1.54) is 5.56 Å². The standard InChI is InChI=1S/C16H15N3S/c1-12-11-20-16(19-12)14-2-4-15(5-3-14)18-10-13-6-8-17-9-7-13/h2-9,11,18H,10H2,1H3. The number of benzene rings is 1. The molecule has 0 radical (unpaired) electrons.